The number of benzene rings is 1. The number of rotatable bonds is 6. The van der Waals surface area contributed by atoms with Gasteiger partial charge in [-0.2, -0.15) is 0 Å². The highest BCUT2D eigenvalue weighted by Gasteiger charge is 2.10. The third kappa shape index (κ3) is 4.26. The first-order valence-corrected chi connectivity index (χ1v) is 6.97. The van der Waals surface area contributed by atoms with Gasteiger partial charge in [-0.25, -0.2) is 0 Å². The van der Waals surface area contributed by atoms with Crippen LogP contribution in [-0.2, 0) is 0 Å². The molecule has 0 saturated heterocycles. The standard InChI is InChI=1S/C14H22BrN/c1-4-6-7-14(16-5-2)12-8-11(3)9-13(15)10-12/h8-10,14,16H,4-7H2,1-3H3. The maximum atomic E-state index is 3.57. The van der Waals surface area contributed by atoms with Gasteiger partial charge >= 0.3 is 0 Å². The Labute approximate surface area is 108 Å². The summed E-state index contributed by atoms with van der Waals surface area (Å²) in [6.45, 7) is 7.59. The van der Waals surface area contributed by atoms with Crippen molar-refractivity contribution in [2.45, 2.75) is 46.1 Å². The van der Waals surface area contributed by atoms with E-state index in [2.05, 4.69) is 60.2 Å². The van der Waals surface area contributed by atoms with Crippen LogP contribution in [0, 0.1) is 6.92 Å². The quantitative estimate of drug-likeness (QED) is 0.805. The fourth-order valence-corrected chi connectivity index (χ4v) is 2.63. The van der Waals surface area contributed by atoms with Gasteiger partial charge in [0.15, 0.2) is 0 Å². The lowest BCUT2D eigenvalue weighted by molar-refractivity contribution is 0.494. The van der Waals surface area contributed by atoms with Gasteiger partial charge in [-0.3, -0.25) is 0 Å². The number of unbranched alkanes of at least 4 members (excludes halogenated alkanes) is 1. The van der Waals surface area contributed by atoms with Crippen molar-refractivity contribution in [3.05, 3.63) is 33.8 Å². The van der Waals surface area contributed by atoms with Crippen LogP contribution in [0.3, 0.4) is 0 Å². The minimum absolute atomic E-state index is 0.501. The first kappa shape index (κ1) is 13.7. The summed E-state index contributed by atoms with van der Waals surface area (Å²) in [6, 6.07) is 7.18. The molecule has 0 aliphatic rings. The average Bonchev–Trinajstić information content (AvgIpc) is 2.22. The minimum atomic E-state index is 0.501. The summed E-state index contributed by atoms with van der Waals surface area (Å²) in [6.07, 6.45) is 3.76. The first-order valence-electron chi connectivity index (χ1n) is 6.17. The lowest BCUT2D eigenvalue weighted by atomic mass is 9.99. The third-order valence-electron chi connectivity index (χ3n) is 2.76. The van der Waals surface area contributed by atoms with Crippen molar-refractivity contribution in [3.63, 3.8) is 0 Å². The SMILES string of the molecule is CCCCC(NCC)c1cc(C)cc(Br)c1. The molecule has 0 aliphatic heterocycles. The molecule has 2 heteroatoms. The maximum absolute atomic E-state index is 3.57. The van der Waals surface area contributed by atoms with Crippen molar-refractivity contribution < 1.29 is 0 Å². The van der Waals surface area contributed by atoms with E-state index in [9.17, 15) is 0 Å². The van der Waals surface area contributed by atoms with Crippen molar-refractivity contribution in [2.24, 2.45) is 0 Å². The Bertz CT molecular complexity index is 302. The molecule has 0 spiro atoms. The van der Waals surface area contributed by atoms with Crippen molar-refractivity contribution >= 4 is 15.9 Å². The van der Waals surface area contributed by atoms with Gasteiger partial charge in [0, 0.05) is 10.5 Å². The molecular formula is C14H22BrN. The molecule has 1 rings (SSSR count). The summed E-state index contributed by atoms with van der Waals surface area (Å²) in [7, 11) is 0. The summed E-state index contributed by atoms with van der Waals surface area (Å²) in [4.78, 5) is 0. The molecule has 0 bridgehead atoms. The van der Waals surface area contributed by atoms with Crippen LogP contribution in [0.4, 0.5) is 0 Å². The maximum Gasteiger partial charge on any atom is 0.0320 e. The predicted octanol–water partition coefficient (Wildman–Crippen LogP) is 4.60. The van der Waals surface area contributed by atoms with E-state index in [0.29, 0.717) is 6.04 Å². The van der Waals surface area contributed by atoms with Crippen molar-refractivity contribution in [2.75, 3.05) is 6.54 Å². The molecular weight excluding hydrogens is 262 g/mol. The fraction of sp³-hybridized carbons (Fsp3) is 0.571. The largest absolute Gasteiger partial charge is 0.310 e. The van der Waals surface area contributed by atoms with Crippen LogP contribution in [0.5, 0.6) is 0 Å². The van der Waals surface area contributed by atoms with Crippen LogP contribution in [0.1, 0.15) is 50.3 Å². The second-order valence-electron chi connectivity index (χ2n) is 4.31. The average molecular weight is 284 g/mol. The molecule has 1 nitrogen and oxygen atoms in total. The topological polar surface area (TPSA) is 12.0 Å². The molecule has 0 saturated carbocycles. The Balaban J connectivity index is 2.82. The van der Waals surface area contributed by atoms with Crippen LogP contribution < -0.4 is 5.32 Å². The lowest BCUT2D eigenvalue weighted by Crippen LogP contribution is -2.20. The Morgan fingerprint density at radius 3 is 2.56 bits per heavy atom. The molecule has 1 aromatic rings. The van der Waals surface area contributed by atoms with E-state index in [1.54, 1.807) is 0 Å². The third-order valence-corrected chi connectivity index (χ3v) is 3.22. The fourth-order valence-electron chi connectivity index (χ4n) is 2.01. The molecule has 90 valence electrons. The van der Waals surface area contributed by atoms with Crippen LogP contribution >= 0.6 is 15.9 Å². The zero-order valence-electron chi connectivity index (χ0n) is 10.5. The molecule has 0 aromatic heterocycles. The van der Waals surface area contributed by atoms with Crippen molar-refractivity contribution in [3.8, 4) is 0 Å². The van der Waals surface area contributed by atoms with Crippen LogP contribution in [-0.4, -0.2) is 6.54 Å². The van der Waals surface area contributed by atoms with E-state index in [0.717, 1.165) is 6.54 Å². The second-order valence-corrected chi connectivity index (χ2v) is 5.23. The second kappa shape index (κ2) is 7.08. The van der Waals surface area contributed by atoms with Gasteiger partial charge < -0.3 is 5.32 Å². The molecule has 1 atom stereocenters. The minimum Gasteiger partial charge on any atom is -0.310 e. The summed E-state index contributed by atoms with van der Waals surface area (Å²) < 4.78 is 1.18. The molecule has 1 aromatic carbocycles. The predicted molar refractivity (Wildman–Crippen MR) is 74.8 cm³/mol. The van der Waals surface area contributed by atoms with Gasteiger partial charge in [0.1, 0.15) is 0 Å². The smallest absolute Gasteiger partial charge is 0.0320 e. The summed E-state index contributed by atoms with van der Waals surface area (Å²) in [5.74, 6) is 0. The lowest BCUT2D eigenvalue weighted by Gasteiger charge is -2.19. The van der Waals surface area contributed by atoms with Crippen LogP contribution in [0.2, 0.25) is 0 Å². The van der Waals surface area contributed by atoms with Crippen molar-refractivity contribution in [1.82, 2.24) is 5.32 Å². The zero-order valence-corrected chi connectivity index (χ0v) is 12.1. The molecule has 0 heterocycles. The Hall–Kier alpha value is -0.340. The van der Waals surface area contributed by atoms with E-state index in [1.807, 2.05) is 0 Å². The number of hydrogen-bond acceptors (Lipinski definition) is 1. The summed E-state index contributed by atoms with van der Waals surface area (Å²) >= 11 is 3.57. The van der Waals surface area contributed by atoms with Gasteiger partial charge in [-0.05, 0) is 43.1 Å². The number of hydrogen-bond donors (Lipinski definition) is 1. The monoisotopic (exact) mass is 283 g/mol. The number of nitrogens with one attached hydrogen (secondary N) is 1. The van der Waals surface area contributed by atoms with E-state index >= 15 is 0 Å². The first-order chi connectivity index (χ1) is 7.67. The van der Waals surface area contributed by atoms with Crippen LogP contribution in [0.25, 0.3) is 0 Å². The normalized spacial score (nSPS) is 12.8. The van der Waals surface area contributed by atoms with Crippen molar-refractivity contribution in [1.29, 1.82) is 0 Å². The van der Waals surface area contributed by atoms with Crippen LogP contribution in [0.15, 0.2) is 22.7 Å². The highest BCUT2D eigenvalue weighted by Crippen LogP contribution is 2.24. The number of aryl methyl sites for hydroxylation is 1. The van der Waals surface area contributed by atoms with Gasteiger partial charge in [-0.15, -0.1) is 0 Å². The van der Waals surface area contributed by atoms with E-state index in [-0.39, 0.29) is 0 Å². The molecule has 1 unspecified atom stereocenters. The molecule has 0 aliphatic carbocycles. The van der Waals surface area contributed by atoms with Gasteiger partial charge in [0.2, 0.25) is 0 Å². The van der Waals surface area contributed by atoms with Gasteiger partial charge in [-0.1, -0.05) is 48.7 Å². The summed E-state index contributed by atoms with van der Waals surface area (Å²) in [5, 5.41) is 3.57. The molecule has 0 fully saturated rings. The van der Waals surface area contributed by atoms with E-state index in [4.69, 9.17) is 0 Å². The Morgan fingerprint density at radius 2 is 2.00 bits per heavy atom. The Morgan fingerprint density at radius 1 is 1.25 bits per heavy atom. The highest BCUT2D eigenvalue weighted by molar-refractivity contribution is 9.10. The Kier molecular flexibility index (Phi) is 6.07. The molecule has 0 radical (unpaired) electrons. The van der Waals surface area contributed by atoms with E-state index in [1.165, 1.54) is 34.9 Å². The summed E-state index contributed by atoms with van der Waals surface area (Å²) in [5.41, 5.74) is 2.73. The highest BCUT2D eigenvalue weighted by atomic mass is 79.9. The van der Waals surface area contributed by atoms with Gasteiger partial charge in [0.05, 0.1) is 0 Å². The van der Waals surface area contributed by atoms with Gasteiger partial charge in [0.25, 0.3) is 0 Å². The molecule has 16 heavy (non-hydrogen) atoms. The van der Waals surface area contributed by atoms with E-state index < -0.39 is 0 Å². The number of halogens is 1. The molecule has 0 amide bonds. The molecule has 1 N–H and O–H groups in total. The zero-order chi connectivity index (χ0) is 12.0.